The number of thioether (sulfide) groups is 1. The first-order chi connectivity index (χ1) is 11.7. The van der Waals surface area contributed by atoms with E-state index in [1.165, 1.54) is 49.5 Å². The summed E-state index contributed by atoms with van der Waals surface area (Å²) in [6, 6.07) is 13.1. The highest BCUT2D eigenvalue weighted by molar-refractivity contribution is 7.99. The third-order valence-corrected chi connectivity index (χ3v) is 5.00. The van der Waals surface area contributed by atoms with Gasteiger partial charge in [0.05, 0.1) is 5.75 Å². The molecule has 1 aromatic carbocycles. The van der Waals surface area contributed by atoms with Crippen molar-refractivity contribution in [1.82, 2.24) is 4.90 Å². The molecule has 24 heavy (non-hydrogen) atoms. The zero-order chi connectivity index (χ0) is 16.8. The minimum absolute atomic E-state index is 0.115. The van der Waals surface area contributed by atoms with Gasteiger partial charge in [0.25, 0.3) is 5.03 Å². The molecule has 5 nitrogen and oxygen atoms in total. The lowest BCUT2D eigenvalue weighted by Crippen LogP contribution is -2.28. The van der Waals surface area contributed by atoms with Crippen molar-refractivity contribution in [3.8, 4) is 0 Å². The van der Waals surface area contributed by atoms with E-state index in [1.807, 2.05) is 12.1 Å². The van der Waals surface area contributed by atoms with Gasteiger partial charge in [-0.2, -0.15) is 4.73 Å². The van der Waals surface area contributed by atoms with Crippen LogP contribution in [-0.4, -0.2) is 29.6 Å². The molecule has 6 heteroatoms. The lowest BCUT2D eigenvalue weighted by atomic mass is 10.2. The van der Waals surface area contributed by atoms with Crippen LogP contribution in [0.3, 0.4) is 0 Å². The summed E-state index contributed by atoms with van der Waals surface area (Å²) < 4.78 is 0.769. The predicted molar refractivity (Wildman–Crippen MR) is 95.7 cm³/mol. The zero-order valence-corrected chi connectivity index (χ0v) is 14.3. The lowest BCUT2D eigenvalue weighted by Gasteiger charge is -2.14. The van der Waals surface area contributed by atoms with Crippen molar-refractivity contribution in [3.63, 3.8) is 0 Å². The molecule has 0 bridgehead atoms. The Labute approximate surface area is 146 Å². The molecule has 2 aromatic rings. The molecule has 1 aliphatic heterocycles. The average Bonchev–Trinajstić information content (AvgIpc) is 3.09. The molecule has 126 valence electrons. The summed E-state index contributed by atoms with van der Waals surface area (Å²) in [5.41, 5.74) is 2.05. The van der Waals surface area contributed by atoms with Crippen LogP contribution in [0.4, 0.5) is 5.69 Å². The first kappa shape index (κ1) is 16.8. The molecule has 1 amide bonds. The van der Waals surface area contributed by atoms with Crippen molar-refractivity contribution in [1.29, 1.82) is 0 Å². The maximum Gasteiger partial charge on any atom is 0.251 e. The fourth-order valence-electron chi connectivity index (χ4n) is 2.75. The maximum absolute atomic E-state index is 12.0. The number of benzene rings is 1. The van der Waals surface area contributed by atoms with Crippen LogP contribution in [0.1, 0.15) is 18.4 Å². The van der Waals surface area contributed by atoms with Gasteiger partial charge in [-0.25, -0.2) is 0 Å². The van der Waals surface area contributed by atoms with Gasteiger partial charge in [0.15, 0.2) is 6.20 Å². The Hall–Kier alpha value is -2.05. The summed E-state index contributed by atoms with van der Waals surface area (Å²) in [5, 5.41) is 14.9. The molecule has 1 N–H and O–H groups in total. The van der Waals surface area contributed by atoms with Crippen molar-refractivity contribution >= 4 is 23.4 Å². The number of nitrogens with one attached hydrogen (secondary N) is 1. The molecule has 0 radical (unpaired) electrons. The summed E-state index contributed by atoms with van der Waals surface area (Å²) >= 11 is 1.23. The second-order valence-electron chi connectivity index (χ2n) is 5.88. The van der Waals surface area contributed by atoms with Crippen LogP contribution >= 0.6 is 11.8 Å². The number of anilines is 1. The highest BCUT2D eigenvalue weighted by Crippen LogP contribution is 2.16. The van der Waals surface area contributed by atoms with E-state index in [-0.39, 0.29) is 11.7 Å². The van der Waals surface area contributed by atoms with E-state index < -0.39 is 0 Å². The van der Waals surface area contributed by atoms with Crippen molar-refractivity contribution in [3.05, 3.63) is 59.4 Å². The summed E-state index contributed by atoms with van der Waals surface area (Å²) in [6.45, 7) is 3.32. The number of hydrogen-bond acceptors (Lipinski definition) is 4. The van der Waals surface area contributed by atoms with Crippen LogP contribution in [0.5, 0.6) is 0 Å². The number of likely N-dealkylation sites (tertiary alicyclic amines) is 1. The molecule has 0 saturated carbocycles. The Morgan fingerprint density at radius 3 is 2.62 bits per heavy atom. The normalized spacial score (nSPS) is 14.7. The second kappa shape index (κ2) is 8.17. The first-order valence-corrected chi connectivity index (χ1v) is 9.11. The molecule has 0 spiro atoms. The number of amides is 1. The van der Waals surface area contributed by atoms with Gasteiger partial charge >= 0.3 is 0 Å². The van der Waals surface area contributed by atoms with Crippen LogP contribution in [0, 0.1) is 5.21 Å². The number of rotatable bonds is 6. The van der Waals surface area contributed by atoms with E-state index in [0.29, 0.717) is 5.03 Å². The molecule has 1 saturated heterocycles. The van der Waals surface area contributed by atoms with Gasteiger partial charge in [-0.05, 0) is 61.5 Å². The number of nitrogens with zero attached hydrogens (tertiary/aromatic N) is 2. The first-order valence-electron chi connectivity index (χ1n) is 8.13. The summed E-state index contributed by atoms with van der Waals surface area (Å²) in [7, 11) is 0. The van der Waals surface area contributed by atoms with E-state index in [0.717, 1.165) is 17.0 Å². The van der Waals surface area contributed by atoms with Gasteiger partial charge in [-0.3, -0.25) is 9.69 Å². The summed E-state index contributed by atoms with van der Waals surface area (Å²) in [5.74, 6) is 0.0954. The maximum atomic E-state index is 12.0. The molecule has 2 heterocycles. The molecule has 0 atom stereocenters. The zero-order valence-electron chi connectivity index (χ0n) is 13.5. The van der Waals surface area contributed by atoms with E-state index in [1.54, 1.807) is 18.2 Å². The van der Waals surface area contributed by atoms with E-state index in [4.69, 9.17) is 0 Å². The molecular formula is C18H21N3O2S. The smallest absolute Gasteiger partial charge is 0.251 e. The molecule has 3 rings (SSSR count). The van der Waals surface area contributed by atoms with Gasteiger partial charge in [0.1, 0.15) is 0 Å². The number of carbonyl (C=O) groups excluding carboxylic acids is 1. The Morgan fingerprint density at radius 1 is 1.17 bits per heavy atom. The van der Waals surface area contributed by atoms with Crippen molar-refractivity contribution in [2.24, 2.45) is 0 Å². The van der Waals surface area contributed by atoms with Crippen LogP contribution in [-0.2, 0) is 11.3 Å². The van der Waals surface area contributed by atoms with E-state index >= 15 is 0 Å². The van der Waals surface area contributed by atoms with Gasteiger partial charge in [-0.15, -0.1) is 0 Å². The average molecular weight is 343 g/mol. The summed E-state index contributed by atoms with van der Waals surface area (Å²) in [6.07, 6.45) is 4.01. The van der Waals surface area contributed by atoms with Crippen LogP contribution < -0.4 is 10.0 Å². The quantitative estimate of drug-likeness (QED) is 0.498. The monoisotopic (exact) mass is 343 g/mol. The Morgan fingerprint density at radius 2 is 1.92 bits per heavy atom. The molecular weight excluding hydrogens is 322 g/mol. The Bertz CT molecular complexity index is 685. The minimum Gasteiger partial charge on any atom is -0.618 e. The fraction of sp³-hybridized carbons (Fsp3) is 0.333. The van der Waals surface area contributed by atoms with E-state index in [2.05, 4.69) is 22.3 Å². The SMILES string of the molecule is O=C(CSc1cccc[n+]1[O-])Nc1ccc(CN2CCCC2)cc1. The van der Waals surface area contributed by atoms with Crippen molar-refractivity contribution < 1.29 is 9.52 Å². The standard InChI is InChI=1S/C18H21N3O2S/c22-17(14-24-18-5-1-2-12-21(18)23)19-16-8-6-15(7-9-16)13-20-10-3-4-11-20/h1-2,5-9,12H,3-4,10-11,13-14H2,(H,19,22). The van der Waals surface area contributed by atoms with Gasteiger partial charge in [-0.1, -0.05) is 12.1 Å². The molecule has 1 fully saturated rings. The fourth-order valence-corrected chi connectivity index (χ4v) is 3.47. The highest BCUT2D eigenvalue weighted by Gasteiger charge is 2.12. The Kier molecular flexibility index (Phi) is 5.72. The van der Waals surface area contributed by atoms with Crippen LogP contribution in [0.2, 0.25) is 0 Å². The van der Waals surface area contributed by atoms with Gasteiger partial charge in [0.2, 0.25) is 5.91 Å². The number of aromatic nitrogens is 1. The van der Waals surface area contributed by atoms with Crippen LogP contribution in [0.15, 0.2) is 53.7 Å². The number of carbonyl (C=O) groups is 1. The molecule has 0 aliphatic carbocycles. The molecule has 1 aromatic heterocycles. The second-order valence-corrected chi connectivity index (χ2v) is 6.88. The largest absolute Gasteiger partial charge is 0.618 e. The molecule has 1 aliphatic rings. The van der Waals surface area contributed by atoms with Gasteiger partial charge < -0.3 is 10.5 Å². The van der Waals surface area contributed by atoms with Crippen LogP contribution in [0.25, 0.3) is 0 Å². The molecule has 0 unspecified atom stereocenters. The highest BCUT2D eigenvalue weighted by atomic mass is 32.2. The lowest BCUT2D eigenvalue weighted by molar-refractivity contribution is -0.645. The number of hydrogen-bond donors (Lipinski definition) is 1. The van der Waals surface area contributed by atoms with Crippen molar-refractivity contribution in [2.45, 2.75) is 24.4 Å². The van der Waals surface area contributed by atoms with Gasteiger partial charge in [0, 0.05) is 24.4 Å². The van der Waals surface area contributed by atoms with Crippen molar-refractivity contribution in [2.75, 3.05) is 24.2 Å². The summed E-state index contributed by atoms with van der Waals surface area (Å²) in [4.78, 5) is 14.5. The minimum atomic E-state index is -0.115. The van der Waals surface area contributed by atoms with E-state index in [9.17, 15) is 10.0 Å². The predicted octanol–water partition coefficient (Wildman–Crippen LogP) is 2.65. The topological polar surface area (TPSA) is 59.3 Å². The third-order valence-electron chi connectivity index (χ3n) is 3.98. The third kappa shape index (κ3) is 4.72. The number of pyridine rings is 1. The Balaban J connectivity index is 1.48.